The summed E-state index contributed by atoms with van der Waals surface area (Å²) in [5, 5.41) is 3.00. The van der Waals surface area contributed by atoms with Gasteiger partial charge < -0.3 is 19.7 Å². The summed E-state index contributed by atoms with van der Waals surface area (Å²) < 4.78 is 11.6. The predicted octanol–water partition coefficient (Wildman–Crippen LogP) is 4.76. The van der Waals surface area contributed by atoms with Crippen LogP contribution < -0.4 is 5.32 Å². The number of carbonyl (C=O) groups is 2. The lowest BCUT2D eigenvalue weighted by molar-refractivity contribution is -0.151. The van der Waals surface area contributed by atoms with Crippen LogP contribution in [-0.4, -0.2) is 54.7 Å². The molecule has 0 bridgehead atoms. The van der Waals surface area contributed by atoms with Gasteiger partial charge >= 0.3 is 5.97 Å². The lowest BCUT2D eigenvalue weighted by Gasteiger charge is -2.35. The number of ether oxygens (including phenoxy) is 2. The number of pyridine rings is 1. The molecule has 0 atom stereocenters. The van der Waals surface area contributed by atoms with E-state index in [9.17, 15) is 9.59 Å². The Morgan fingerprint density at radius 3 is 1.95 bits per heavy atom. The van der Waals surface area contributed by atoms with E-state index < -0.39 is 11.6 Å². The van der Waals surface area contributed by atoms with Crippen molar-refractivity contribution < 1.29 is 19.1 Å². The summed E-state index contributed by atoms with van der Waals surface area (Å²) in [5.41, 5.74) is 2.48. The molecule has 1 aromatic carbocycles. The molecule has 0 spiro atoms. The zero-order chi connectivity index (χ0) is 27.4. The predicted molar refractivity (Wildman–Crippen MR) is 146 cm³/mol. The topological polar surface area (TPSA) is 80.8 Å². The van der Waals surface area contributed by atoms with Crippen LogP contribution in [0.25, 0.3) is 0 Å². The molecular formula is C30H43N3O4. The maximum atomic E-state index is 13.5. The van der Waals surface area contributed by atoms with E-state index in [0.29, 0.717) is 38.2 Å². The number of aromatic nitrogens is 1. The summed E-state index contributed by atoms with van der Waals surface area (Å²) in [4.78, 5) is 33.9. The summed E-state index contributed by atoms with van der Waals surface area (Å²) in [6.45, 7) is 14.3. The second kappa shape index (κ2) is 11.3. The highest BCUT2D eigenvalue weighted by Crippen LogP contribution is 2.31. The molecule has 1 amide bonds. The average Bonchev–Trinajstić information content (AvgIpc) is 2.82. The van der Waals surface area contributed by atoms with Crippen molar-refractivity contribution in [2.24, 2.45) is 0 Å². The van der Waals surface area contributed by atoms with Crippen LogP contribution in [0.15, 0.2) is 36.4 Å². The van der Waals surface area contributed by atoms with Crippen molar-refractivity contribution in [3.63, 3.8) is 0 Å². The number of carbonyl (C=O) groups excluding carboxylic acids is 2. The van der Waals surface area contributed by atoms with E-state index in [2.05, 4.69) is 63.9 Å². The minimum absolute atomic E-state index is 0.244. The van der Waals surface area contributed by atoms with Crippen LogP contribution in [0.2, 0.25) is 0 Å². The smallest absolute Gasteiger partial charge is 0.339 e. The van der Waals surface area contributed by atoms with E-state index in [4.69, 9.17) is 14.5 Å². The van der Waals surface area contributed by atoms with E-state index in [-0.39, 0.29) is 16.7 Å². The monoisotopic (exact) mass is 509 g/mol. The number of rotatable bonds is 7. The lowest BCUT2D eigenvalue weighted by atomic mass is 9.86. The van der Waals surface area contributed by atoms with Crippen molar-refractivity contribution in [1.29, 1.82) is 0 Å². The fraction of sp³-hybridized carbons (Fsp3) is 0.567. The molecule has 2 aromatic rings. The van der Waals surface area contributed by atoms with Crippen molar-refractivity contribution in [2.75, 3.05) is 27.3 Å². The van der Waals surface area contributed by atoms with E-state index in [1.54, 1.807) is 12.1 Å². The first-order chi connectivity index (χ1) is 17.2. The van der Waals surface area contributed by atoms with E-state index in [1.807, 2.05) is 26.2 Å². The van der Waals surface area contributed by atoms with Crippen molar-refractivity contribution in [1.82, 2.24) is 15.2 Å². The Balaban J connectivity index is 1.81. The Hall–Kier alpha value is -2.77. The number of nitrogens with zero attached hydrogens (tertiary/aromatic N) is 2. The molecule has 7 heteroatoms. The first kappa shape index (κ1) is 28.8. The van der Waals surface area contributed by atoms with Gasteiger partial charge in [-0.05, 0) is 37.4 Å². The lowest BCUT2D eigenvalue weighted by Crippen LogP contribution is -2.53. The summed E-state index contributed by atoms with van der Waals surface area (Å²) in [6, 6.07) is 11.7. The molecule has 1 fully saturated rings. The highest BCUT2D eigenvalue weighted by atomic mass is 16.6. The molecular weight excluding hydrogens is 466 g/mol. The second-order valence-corrected chi connectivity index (χ2v) is 12.4. The molecule has 1 saturated heterocycles. The van der Waals surface area contributed by atoms with Crippen LogP contribution in [-0.2, 0) is 38.2 Å². The second-order valence-electron chi connectivity index (χ2n) is 12.4. The Kier molecular flexibility index (Phi) is 8.81. The Morgan fingerprint density at radius 2 is 1.46 bits per heavy atom. The molecule has 3 rings (SSSR count). The van der Waals surface area contributed by atoms with Gasteiger partial charge in [-0.15, -0.1) is 0 Å². The highest BCUT2D eigenvalue weighted by molar-refractivity contribution is 5.94. The van der Waals surface area contributed by atoms with Crippen LogP contribution in [0, 0.1) is 0 Å². The molecule has 1 aromatic heterocycles. The first-order valence-corrected chi connectivity index (χ1v) is 13.0. The third-order valence-corrected chi connectivity index (χ3v) is 6.58. The van der Waals surface area contributed by atoms with Gasteiger partial charge in [0.15, 0.2) is 5.60 Å². The number of benzene rings is 1. The van der Waals surface area contributed by atoms with Gasteiger partial charge in [-0.25, -0.2) is 4.79 Å². The zero-order valence-corrected chi connectivity index (χ0v) is 23.7. The number of amides is 1. The van der Waals surface area contributed by atoms with Crippen molar-refractivity contribution in [3.05, 3.63) is 64.5 Å². The number of hydrogen-bond donors (Lipinski definition) is 1. The fourth-order valence-electron chi connectivity index (χ4n) is 4.20. The van der Waals surface area contributed by atoms with E-state index >= 15 is 0 Å². The van der Waals surface area contributed by atoms with Gasteiger partial charge in [-0.1, -0.05) is 65.8 Å². The van der Waals surface area contributed by atoms with Gasteiger partial charge in [0.05, 0.1) is 18.8 Å². The fourth-order valence-corrected chi connectivity index (χ4v) is 4.20. The maximum absolute atomic E-state index is 13.5. The molecule has 1 aliphatic rings. The molecule has 202 valence electrons. The van der Waals surface area contributed by atoms with Crippen LogP contribution in [0.4, 0.5) is 0 Å². The molecule has 1 N–H and O–H groups in total. The van der Waals surface area contributed by atoms with Gasteiger partial charge in [-0.2, -0.15) is 0 Å². The molecule has 0 aliphatic carbocycles. The molecule has 0 radical (unpaired) electrons. The summed E-state index contributed by atoms with van der Waals surface area (Å²) in [5.74, 6) is -0.800. The zero-order valence-electron chi connectivity index (χ0n) is 23.7. The maximum Gasteiger partial charge on any atom is 0.339 e. The Morgan fingerprint density at radius 1 is 0.946 bits per heavy atom. The minimum Gasteiger partial charge on any atom is -0.445 e. The third-order valence-electron chi connectivity index (χ3n) is 6.58. The van der Waals surface area contributed by atoms with Crippen LogP contribution in [0.5, 0.6) is 0 Å². The Labute approximate surface area is 221 Å². The average molecular weight is 510 g/mol. The van der Waals surface area contributed by atoms with Crippen LogP contribution >= 0.6 is 0 Å². The molecule has 1 aliphatic heterocycles. The SMILES string of the molecule is CN(C)Cc1ccc(CNC(=O)C2(OC(=O)c3cc(C(C)(C)C)nc(C(C)(C)C)c3)CCOCC2)cc1. The van der Waals surface area contributed by atoms with Gasteiger partial charge in [0.25, 0.3) is 5.91 Å². The number of hydrogen-bond acceptors (Lipinski definition) is 6. The molecule has 7 nitrogen and oxygen atoms in total. The van der Waals surface area contributed by atoms with E-state index in [0.717, 1.165) is 23.5 Å². The molecule has 2 heterocycles. The summed E-state index contributed by atoms with van der Waals surface area (Å²) in [7, 11) is 4.06. The molecule has 37 heavy (non-hydrogen) atoms. The number of nitrogens with one attached hydrogen (secondary N) is 1. The highest BCUT2D eigenvalue weighted by Gasteiger charge is 2.44. The van der Waals surface area contributed by atoms with Crippen molar-refractivity contribution >= 4 is 11.9 Å². The standard InChI is InChI=1S/C30H43N3O4/c1-28(2,3)24-17-23(18-25(32-24)29(4,5)6)26(34)37-30(13-15-36-16-14-30)27(35)31-19-21-9-11-22(12-10-21)20-33(7)8/h9-12,17-18H,13-16,19-20H2,1-8H3,(H,31,35). The molecule has 0 unspecified atom stereocenters. The molecule has 0 saturated carbocycles. The van der Waals surface area contributed by atoms with E-state index in [1.165, 1.54) is 5.56 Å². The first-order valence-electron chi connectivity index (χ1n) is 13.0. The largest absolute Gasteiger partial charge is 0.445 e. The third kappa shape index (κ3) is 7.62. The van der Waals surface area contributed by atoms with Crippen LogP contribution in [0.1, 0.15) is 87.3 Å². The van der Waals surface area contributed by atoms with Gasteiger partial charge in [0, 0.05) is 48.1 Å². The van der Waals surface area contributed by atoms with Gasteiger partial charge in [-0.3, -0.25) is 9.78 Å². The van der Waals surface area contributed by atoms with Crippen molar-refractivity contribution in [3.8, 4) is 0 Å². The summed E-state index contributed by atoms with van der Waals surface area (Å²) in [6.07, 6.45) is 0.630. The Bertz CT molecular complexity index is 1060. The summed E-state index contributed by atoms with van der Waals surface area (Å²) >= 11 is 0. The quantitative estimate of drug-likeness (QED) is 0.542. The van der Waals surface area contributed by atoms with Crippen LogP contribution in [0.3, 0.4) is 0 Å². The van der Waals surface area contributed by atoms with Gasteiger partial charge in [0.1, 0.15) is 0 Å². The van der Waals surface area contributed by atoms with Crippen molar-refractivity contribution in [2.45, 2.75) is 83.9 Å². The minimum atomic E-state index is -1.27. The number of esters is 1. The van der Waals surface area contributed by atoms with Gasteiger partial charge in [0.2, 0.25) is 0 Å². The normalized spacial score (nSPS) is 15.9.